The van der Waals surface area contributed by atoms with Gasteiger partial charge >= 0.3 is 0 Å². The Bertz CT molecular complexity index is 154. The maximum absolute atomic E-state index is 8.76. The van der Waals surface area contributed by atoms with Gasteiger partial charge in [-0.2, -0.15) is 0 Å². The SMILES string of the molecule is CC1(C)CCOC1(C)CCCO. The lowest BCUT2D eigenvalue weighted by Gasteiger charge is -2.36. The topological polar surface area (TPSA) is 29.5 Å². The van der Waals surface area contributed by atoms with Crippen molar-refractivity contribution in [1.82, 2.24) is 0 Å². The summed E-state index contributed by atoms with van der Waals surface area (Å²) in [7, 11) is 0. The van der Waals surface area contributed by atoms with Crippen LogP contribution in [0.4, 0.5) is 0 Å². The Morgan fingerprint density at radius 2 is 2.00 bits per heavy atom. The number of rotatable bonds is 3. The summed E-state index contributed by atoms with van der Waals surface area (Å²) in [6.45, 7) is 7.80. The molecule has 1 fully saturated rings. The number of aliphatic hydroxyl groups excluding tert-OH is 1. The van der Waals surface area contributed by atoms with Gasteiger partial charge in [0.2, 0.25) is 0 Å². The Morgan fingerprint density at radius 1 is 1.33 bits per heavy atom. The lowest BCUT2D eigenvalue weighted by Crippen LogP contribution is -2.38. The molecule has 1 atom stereocenters. The average Bonchev–Trinajstić information content (AvgIpc) is 2.24. The zero-order valence-corrected chi connectivity index (χ0v) is 8.39. The van der Waals surface area contributed by atoms with Gasteiger partial charge in [0.1, 0.15) is 0 Å². The van der Waals surface area contributed by atoms with Crippen molar-refractivity contribution in [1.29, 1.82) is 0 Å². The smallest absolute Gasteiger partial charge is 0.0706 e. The van der Waals surface area contributed by atoms with Crippen molar-refractivity contribution in [3.8, 4) is 0 Å². The molecule has 12 heavy (non-hydrogen) atoms. The minimum Gasteiger partial charge on any atom is -0.396 e. The van der Waals surface area contributed by atoms with Crippen LogP contribution in [0.3, 0.4) is 0 Å². The lowest BCUT2D eigenvalue weighted by atomic mass is 9.73. The quantitative estimate of drug-likeness (QED) is 0.705. The van der Waals surface area contributed by atoms with Crippen molar-refractivity contribution in [3.63, 3.8) is 0 Å². The maximum Gasteiger partial charge on any atom is 0.0706 e. The normalized spacial score (nSPS) is 34.0. The fourth-order valence-electron chi connectivity index (χ4n) is 1.82. The maximum atomic E-state index is 8.76. The Hall–Kier alpha value is -0.0800. The molecule has 0 amide bonds. The van der Waals surface area contributed by atoms with E-state index in [1.165, 1.54) is 0 Å². The van der Waals surface area contributed by atoms with E-state index in [2.05, 4.69) is 20.8 Å². The van der Waals surface area contributed by atoms with Crippen LogP contribution in [0.15, 0.2) is 0 Å². The van der Waals surface area contributed by atoms with E-state index in [-0.39, 0.29) is 17.6 Å². The molecular formula is C10H20O2. The van der Waals surface area contributed by atoms with Gasteiger partial charge in [0.05, 0.1) is 5.60 Å². The first-order valence-electron chi connectivity index (χ1n) is 4.77. The van der Waals surface area contributed by atoms with E-state index in [9.17, 15) is 0 Å². The molecule has 0 bridgehead atoms. The molecule has 0 aromatic carbocycles. The molecule has 1 rings (SSSR count). The van der Waals surface area contributed by atoms with Gasteiger partial charge in [0.25, 0.3) is 0 Å². The van der Waals surface area contributed by atoms with Gasteiger partial charge in [-0.15, -0.1) is 0 Å². The summed E-state index contributed by atoms with van der Waals surface area (Å²) in [5.41, 5.74) is 0.248. The highest BCUT2D eigenvalue weighted by atomic mass is 16.5. The molecular weight excluding hydrogens is 152 g/mol. The van der Waals surface area contributed by atoms with Crippen molar-refractivity contribution in [2.45, 2.75) is 45.6 Å². The first-order chi connectivity index (χ1) is 5.52. The first kappa shape index (κ1) is 10.0. The van der Waals surface area contributed by atoms with Crippen molar-refractivity contribution < 1.29 is 9.84 Å². The van der Waals surface area contributed by atoms with Gasteiger partial charge in [0, 0.05) is 13.2 Å². The number of ether oxygens (including phenoxy) is 1. The van der Waals surface area contributed by atoms with Gasteiger partial charge in [-0.05, 0) is 31.6 Å². The molecule has 1 unspecified atom stereocenters. The summed E-state index contributed by atoms with van der Waals surface area (Å²) in [6, 6.07) is 0. The molecule has 2 heteroatoms. The second-order valence-electron chi connectivity index (χ2n) is 4.54. The second-order valence-corrected chi connectivity index (χ2v) is 4.54. The molecule has 1 aliphatic rings. The standard InChI is InChI=1S/C10H20O2/c1-9(2)6-8-12-10(9,3)5-4-7-11/h11H,4-8H2,1-3H3. The molecule has 1 saturated heterocycles. The number of hydrogen-bond donors (Lipinski definition) is 1. The Kier molecular flexibility index (Phi) is 2.79. The lowest BCUT2D eigenvalue weighted by molar-refractivity contribution is -0.0452. The van der Waals surface area contributed by atoms with Crippen LogP contribution in [-0.4, -0.2) is 23.9 Å². The molecule has 0 saturated carbocycles. The van der Waals surface area contributed by atoms with Gasteiger partial charge in [0.15, 0.2) is 0 Å². The Labute approximate surface area is 74.9 Å². The molecule has 1 heterocycles. The largest absolute Gasteiger partial charge is 0.396 e. The second kappa shape index (κ2) is 3.35. The van der Waals surface area contributed by atoms with E-state index < -0.39 is 0 Å². The highest BCUT2D eigenvalue weighted by Gasteiger charge is 2.45. The molecule has 2 nitrogen and oxygen atoms in total. The van der Waals surface area contributed by atoms with Crippen molar-refractivity contribution in [2.24, 2.45) is 5.41 Å². The van der Waals surface area contributed by atoms with Gasteiger partial charge < -0.3 is 9.84 Å². The van der Waals surface area contributed by atoms with Crippen molar-refractivity contribution >= 4 is 0 Å². The summed E-state index contributed by atoms with van der Waals surface area (Å²) < 4.78 is 5.75. The van der Waals surface area contributed by atoms with E-state index in [1.54, 1.807) is 0 Å². The molecule has 1 aliphatic heterocycles. The van der Waals surface area contributed by atoms with Gasteiger partial charge in [-0.25, -0.2) is 0 Å². The van der Waals surface area contributed by atoms with Crippen molar-refractivity contribution in [2.75, 3.05) is 13.2 Å². The van der Waals surface area contributed by atoms with E-state index >= 15 is 0 Å². The molecule has 0 aromatic heterocycles. The molecule has 0 spiro atoms. The highest BCUT2D eigenvalue weighted by Crippen LogP contribution is 2.45. The zero-order valence-electron chi connectivity index (χ0n) is 8.39. The summed E-state index contributed by atoms with van der Waals surface area (Å²) >= 11 is 0. The summed E-state index contributed by atoms with van der Waals surface area (Å²) in [6.07, 6.45) is 2.95. The molecule has 1 N–H and O–H groups in total. The number of aliphatic hydroxyl groups is 1. The summed E-state index contributed by atoms with van der Waals surface area (Å²) in [4.78, 5) is 0. The average molecular weight is 172 g/mol. The first-order valence-corrected chi connectivity index (χ1v) is 4.77. The third-order valence-electron chi connectivity index (χ3n) is 3.39. The summed E-state index contributed by atoms with van der Waals surface area (Å²) in [5, 5.41) is 8.76. The van der Waals surface area contributed by atoms with Crippen LogP contribution >= 0.6 is 0 Å². The Morgan fingerprint density at radius 3 is 2.42 bits per heavy atom. The van der Waals surface area contributed by atoms with E-state index in [0.717, 1.165) is 25.9 Å². The van der Waals surface area contributed by atoms with Crippen molar-refractivity contribution in [3.05, 3.63) is 0 Å². The van der Waals surface area contributed by atoms with Crippen LogP contribution in [0, 0.1) is 5.41 Å². The summed E-state index contributed by atoms with van der Waals surface area (Å²) in [5.74, 6) is 0. The van der Waals surface area contributed by atoms with E-state index in [4.69, 9.17) is 9.84 Å². The molecule has 0 radical (unpaired) electrons. The van der Waals surface area contributed by atoms with E-state index in [1.807, 2.05) is 0 Å². The van der Waals surface area contributed by atoms with Crippen LogP contribution < -0.4 is 0 Å². The van der Waals surface area contributed by atoms with Gasteiger partial charge in [-0.1, -0.05) is 13.8 Å². The van der Waals surface area contributed by atoms with Gasteiger partial charge in [-0.3, -0.25) is 0 Å². The Balaban J connectivity index is 2.56. The van der Waals surface area contributed by atoms with Crippen LogP contribution in [-0.2, 0) is 4.74 Å². The minimum atomic E-state index is -0.0181. The predicted octanol–water partition coefficient (Wildman–Crippen LogP) is 1.96. The van der Waals surface area contributed by atoms with Crippen LogP contribution in [0.5, 0.6) is 0 Å². The fraction of sp³-hybridized carbons (Fsp3) is 1.00. The predicted molar refractivity (Wildman–Crippen MR) is 49.1 cm³/mol. The molecule has 0 aliphatic carbocycles. The fourth-order valence-corrected chi connectivity index (χ4v) is 1.82. The van der Waals surface area contributed by atoms with Crippen LogP contribution in [0.1, 0.15) is 40.0 Å². The van der Waals surface area contributed by atoms with E-state index in [0.29, 0.717) is 0 Å². The molecule has 72 valence electrons. The minimum absolute atomic E-state index is 0.0181. The van der Waals surface area contributed by atoms with Crippen LogP contribution in [0.2, 0.25) is 0 Å². The number of hydrogen-bond acceptors (Lipinski definition) is 2. The third-order valence-corrected chi connectivity index (χ3v) is 3.39. The highest BCUT2D eigenvalue weighted by molar-refractivity contribution is 4.95. The zero-order chi connectivity index (χ0) is 9.24. The monoisotopic (exact) mass is 172 g/mol. The third kappa shape index (κ3) is 1.64. The van der Waals surface area contributed by atoms with Crippen LogP contribution in [0.25, 0.3) is 0 Å². The molecule has 0 aromatic rings.